The van der Waals surface area contributed by atoms with E-state index < -0.39 is 29.8 Å². The summed E-state index contributed by atoms with van der Waals surface area (Å²) in [6, 6.07) is 14.9. The van der Waals surface area contributed by atoms with Crippen molar-refractivity contribution >= 4 is 45.8 Å². The molecule has 6 rings (SSSR count). The number of aromatic hydroxyl groups is 1. The number of hydrogen-bond donors (Lipinski definition) is 2. The van der Waals surface area contributed by atoms with E-state index in [1.807, 2.05) is 0 Å². The third kappa shape index (κ3) is 5.86. The van der Waals surface area contributed by atoms with Gasteiger partial charge in [0.1, 0.15) is 18.8 Å². The second kappa shape index (κ2) is 12.1. The Morgan fingerprint density at radius 1 is 1.02 bits per heavy atom. The van der Waals surface area contributed by atoms with Crippen LogP contribution in [-0.4, -0.2) is 60.9 Å². The second-order valence-electron chi connectivity index (χ2n) is 10.8. The van der Waals surface area contributed by atoms with Crippen molar-refractivity contribution in [3.05, 3.63) is 95.7 Å². The summed E-state index contributed by atoms with van der Waals surface area (Å²) >= 11 is 6.25. The number of hydrogen-bond acceptors (Lipinski definition) is 6. The van der Waals surface area contributed by atoms with Crippen LogP contribution < -0.4 is 5.32 Å². The van der Waals surface area contributed by atoms with Crippen molar-refractivity contribution in [2.24, 2.45) is 0 Å². The molecule has 2 atom stereocenters. The average molecular weight is 630 g/mol. The molecule has 12 heteroatoms. The molecule has 0 bridgehead atoms. The number of halogens is 3. The number of ketones is 1. The van der Waals surface area contributed by atoms with Crippen molar-refractivity contribution in [1.82, 2.24) is 19.4 Å². The minimum absolute atomic E-state index is 0.121. The van der Waals surface area contributed by atoms with Gasteiger partial charge in [-0.25, -0.2) is 18.7 Å². The van der Waals surface area contributed by atoms with Gasteiger partial charge in [0.25, 0.3) is 0 Å². The Labute approximate surface area is 261 Å². The van der Waals surface area contributed by atoms with Gasteiger partial charge in [0.15, 0.2) is 11.6 Å². The first-order chi connectivity index (χ1) is 21.6. The van der Waals surface area contributed by atoms with Crippen molar-refractivity contribution in [2.75, 3.05) is 11.9 Å². The number of amides is 2. The largest absolute Gasteiger partial charge is 0.479 e. The summed E-state index contributed by atoms with van der Waals surface area (Å²) in [7, 11) is 0. The number of Topliss-reactive ketones (excluding diaryl/α,β-unsaturated/α-hetero) is 1. The number of carbonyl (C=O) groups is 3. The zero-order chi connectivity index (χ0) is 31.8. The molecule has 9 nitrogen and oxygen atoms in total. The summed E-state index contributed by atoms with van der Waals surface area (Å²) < 4.78 is 31.8. The number of aromatic nitrogens is 3. The molecule has 228 valence electrons. The van der Waals surface area contributed by atoms with Crippen molar-refractivity contribution in [1.29, 1.82) is 0 Å². The fraction of sp³-hybridized carbons (Fsp3) is 0.182. The highest BCUT2D eigenvalue weighted by Crippen LogP contribution is 2.34. The zero-order valence-electron chi connectivity index (χ0n) is 23.9. The monoisotopic (exact) mass is 629 g/mol. The number of anilines is 1. The Morgan fingerprint density at radius 2 is 1.76 bits per heavy atom. The molecule has 1 aliphatic heterocycles. The van der Waals surface area contributed by atoms with E-state index in [9.17, 15) is 23.9 Å². The maximum absolute atomic E-state index is 15.5. The summed E-state index contributed by atoms with van der Waals surface area (Å²) in [5, 5.41) is 12.9. The van der Waals surface area contributed by atoms with Crippen LogP contribution in [0.3, 0.4) is 0 Å². The summed E-state index contributed by atoms with van der Waals surface area (Å²) in [5.41, 5.74) is 2.76. The van der Waals surface area contributed by atoms with E-state index in [-0.39, 0.29) is 42.6 Å². The van der Waals surface area contributed by atoms with Gasteiger partial charge in [-0.15, -0.1) is 0 Å². The Kier molecular flexibility index (Phi) is 8.03. The van der Waals surface area contributed by atoms with Gasteiger partial charge < -0.3 is 19.9 Å². The number of carbonyl (C=O) groups excluding carboxylic acids is 3. The van der Waals surface area contributed by atoms with Crippen molar-refractivity contribution in [2.45, 2.75) is 32.1 Å². The minimum atomic E-state index is -1.45. The molecule has 1 unspecified atom stereocenters. The molecule has 5 aromatic rings. The summed E-state index contributed by atoms with van der Waals surface area (Å²) in [5.74, 6) is -2.20. The molecule has 0 spiro atoms. The summed E-state index contributed by atoms with van der Waals surface area (Å²) in [4.78, 5) is 48.2. The average Bonchev–Trinajstić information content (AvgIpc) is 3.59. The first kappa shape index (κ1) is 29.9. The molecule has 1 saturated heterocycles. The highest BCUT2D eigenvalue weighted by molar-refractivity contribution is 6.33. The normalized spacial score (nSPS) is 16.2. The molecule has 0 aliphatic carbocycles. The first-order valence-electron chi connectivity index (χ1n) is 14.0. The lowest BCUT2D eigenvalue weighted by atomic mass is 10.0. The SMILES string of the molecule is CC(=O)c1cn(CC(=O)N2C[C@H](F)CC2C(=O)Nc2cccc(-c3ccccc3Cl)c2F)c2ccc(-c3cnc(O)nc3)cc12. The van der Waals surface area contributed by atoms with Crippen LogP contribution in [0.4, 0.5) is 14.5 Å². The van der Waals surface area contributed by atoms with Gasteiger partial charge >= 0.3 is 6.01 Å². The number of fused-ring (bicyclic) bond motifs is 1. The third-order valence-corrected chi connectivity index (χ3v) is 8.16. The molecule has 1 aliphatic rings. The van der Waals surface area contributed by atoms with Gasteiger partial charge in [-0.3, -0.25) is 14.4 Å². The molecule has 0 radical (unpaired) electrons. The van der Waals surface area contributed by atoms with E-state index >= 15 is 4.39 Å². The predicted octanol–water partition coefficient (Wildman–Crippen LogP) is 6.04. The second-order valence-corrected chi connectivity index (χ2v) is 11.2. The van der Waals surface area contributed by atoms with E-state index in [1.165, 1.54) is 31.5 Å². The van der Waals surface area contributed by atoms with Crippen molar-refractivity contribution < 1.29 is 28.3 Å². The molecular formula is C33H26ClF2N5O4. The predicted molar refractivity (Wildman–Crippen MR) is 165 cm³/mol. The maximum atomic E-state index is 15.5. The summed E-state index contributed by atoms with van der Waals surface area (Å²) in [6.07, 6.45) is 2.75. The van der Waals surface area contributed by atoms with E-state index in [0.29, 0.717) is 38.2 Å². The third-order valence-electron chi connectivity index (χ3n) is 7.83. The standard InChI is InChI=1S/C33H26ClF2N5O4/c1-18(42)25-16-40(28-10-9-19(11-24(25)28)20-13-37-33(45)38-14-20)17-30(43)41-15-21(35)12-29(41)32(44)39-27-8-4-6-23(31(27)36)22-5-2-3-7-26(22)34/h2-11,13-14,16,21,29H,12,15,17H2,1H3,(H,39,44)(H,37,38,45)/t21-,29?/m1/s1. The molecule has 1 fully saturated rings. The molecule has 45 heavy (non-hydrogen) atoms. The molecule has 3 heterocycles. The van der Waals surface area contributed by atoms with Gasteiger partial charge in [0, 0.05) is 63.2 Å². The molecule has 2 amide bonds. The number of benzene rings is 3. The van der Waals surface area contributed by atoms with Gasteiger partial charge in [-0.1, -0.05) is 48.0 Å². The quantitative estimate of drug-likeness (QED) is 0.212. The highest BCUT2D eigenvalue weighted by Gasteiger charge is 2.40. The fourth-order valence-electron chi connectivity index (χ4n) is 5.64. The van der Waals surface area contributed by atoms with Crippen molar-refractivity contribution in [3.63, 3.8) is 0 Å². The Balaban J connectivity index is 1.25. The lowest BCUT2D eigenvalue weighted by Gasteiger charge is -2.24. The van der Waals surface area contributed by atoms with Crippen LogP contribution in [0.25, 0.3) is 33.2 Å². The number of likely N-dealkylation sites (tertiary alicyclic amines) is 1. The van der Waals surface area contributed by atoms with E-state index in [4.69, 9.17) is 11.6 Å². The van der Waals surface area contributed by atoms with Crippen LogP contribution in [0, 0.1) is 5.82 Å². The Hall–Kier alpha value is -5.16. The highest BCUT2D eigenvalue weighted by atomic mass is 35.5. The summed E-state index contributed by atoms with van der Waals surface area (Å²) in [6.45, 7) is 0.840. The smallest absolute Gasteiger partial charge is 0.313 e. The van der Waals surface area contributed by atoms with Crippen LogP contribution in [0.2, 0.25) is 5.02 Å². The maximum Gasteiger partial charge on any atom is 0.313 e. The van der Waals surface area contributed by atoms with E-state index in [1.54, 1.807) is 59.3 Å². The van der Waals surface area contributed by atoms with Crippen LogP contribution in [-0.2, 0) is 16.1 Å². The molecular weight excluding hydrogens is 604 g/mol. The van der Waals surface area contributed by atoms with E-state index in [2.05, 4.69) is 15.3 Å². The van der Waals surface area contributed by atoms with Gasteiger partial charge in [-0.05, 0) is 36.8 Å². The van der Waals surface area contributed by atoms with Crippen LogP contribution in [0.5, 0.6) is 6.01 Å². The lowest BCUT2D eigenvalue weighted by Crippen LogP contribution is -2.44. The number of nitrogens with one attached hydrogen (secondary N) is 1. The van der Waals surface area contributed by atoms with Crippen molar-refractivity contribution in [3.8, 4) is 28.3 Å². The number of rotatable bonds is 7. The molecule has 2 N–H and O–H groups in total. The number of nitrogens with zero attached hydrogens (tertiary/aromatic N) is 4. The molecule has 0 saturated carbocycles. The Morgan fingerprint density at radius 3 is 2.49 bits per heavy atom. The van der Waals surface area contributed by atoms with Gasteiger partial charge in [-0.2, -0.15) is 0 Å². The van der Waals surface area contributed by atoms with Gasteiger partial charge in [0.2, 0.25) is 11.8 Å². The topological polar surface area (TPSA) is 117 Å². The lowest BCUT2D eigenvalue weighted by molar-refractivity contribution is -0.137. The minimum Gasteiger partial charge on any atom is -0.479 e. The van der Waals surface area contributed by atoms with Crippen LogP contribution >= 0.6 is 11.6 Å². The first-order valence-corrected chi connectivity index (χ1v) is 14.4. The Bertz CT molecular complexity index is 1960. The zero-order valence-corrected chi connectivity index (χ0v) is 24.6. The molecule has 2 aromatic heterocycles. The van der Waals surface area contributed by atoms with Crippen LogP contribution in [0.15, 0.2) is 79.3 Å². The van der Waals surface area contributed by atoms with Gasteiger partial charge in [0.05, 0.1) is 12.2 Å². The van der Waals surface area contributed by atoms with E-state index in [0.717, 1.165) is 4.90 Å². The number of alkyl halides is 1. The molecule has 3 aromatic carbocycles. The van der Waals surface area contributed by atoms with Crippen LogP contribution in [0.1, 0.15) is 23.7 Å². The fourth-order valence-corrected chi connectivity index (χ4v) is 5.87.